The van der Waals surface area contributed by atoms with E-state index in [-0.39, 0.29) is 56.6 Å². The van der Waals surface area contributed by atoms with Gasteiger partial charge in [0.15, 0.2) is 0 Å². The Hall–Kier alpha value is -8.08. The highest BCUT2D eigenvalue weighted by Gasteiger charge is 2.41. The number of amides is 9. The molecule has 9 amide bonds. The van der Waals surface area contributed by atoms with E-state index in [9.17, 15) is 62.5 Å². The Kier molecular flexibility index (Phi) is 25.3. The molecule has 4 rings (SSSR count). The van der Waals surface area contributed by atoms with Gasteiger partial charge in [0.1, 0.15) is 58.7 Å². The van der Waals surface area contributed by atoms with Gasteiger partial charge in [-0.15, -0.1) is 0 Å². The zero-order valence-electron chi connectivity index (χ0n) is 48.5. The van der Waals surface area contributed by atoms with Crippen LogP contribution in [0.3, 0.4) is 0 Å². The lowest BCUT2D eigenvalue weighted by atomic mass is 9.72. The number of halogens is 2. The number of hydrogen-bond acceptors (Lipinski definition) is 12. The molecule has 0 saturated heterocycles. The number of carbonyl (C=O) groups excluding carboxylic acids is 9. The fourth-order valence-electron chi connectivity index (χ4n) is 9.09. The fourth-order valence-corrected chi connectivity index (χ4v) is 9.29. The standard InChI is InChI=1S/C58H76F2N11O12.Al/c1-34(2)58(8,29-51(78)79)28-48(75)65-30-49(76)63-21-22-64-55(82)43(68-56(83)44(27-46(61)73)69-54(81)36(4)67-53(80)35(3)66-47(74)24-37-16-19-62-20-17-37)18-23-71(50(77)33-72)52(57(5,6)7)45-25-39(41-26-40(59)14-15-42(41)60)32-70(45)31-38-12-10-9-11-13-38;/h9-17,19-20,25-26,32,35-36,43-44,52,72H,18,21-24,27-31,33H2,1-8H3,(H2,61,73)(H,63,76)(H,64,82)(H,65,75)(H,66,74)(H,67,80)(H,68,83)(H,69,81)(H,78,79);/t35-,36+,43-,44-,52-,58?;/m0./s1. The fraction of sp³-hybridized carbons (Fsp3) is 0.466. The average Bonchev–Trinajstić information content (AvgIpc) is 2.14. The number of rotatable bonds is 31. The quantitative estimate of drug-likeness (QED) is 0.0255. The normalized spacial score (nSPS) is 13.9. The van der Waals surface area contributed by atoms with Crippen LogP contribution in [0.25, 0.3) is 11.1 Å². The first-order valence-electron chi connectivity index (χ1n) is 27.1. The highest BCUT2D eigenvalue weighted by atomic mass is 27.0. The molecule has 0 aliphatic heterocycles. The minimum absolute atomic E-state index is 0.0647. The van der Waals surface area contributed by atoms with Crippen LogP contribution in [0.5, 0.6) is 0 Å². The lowest BCUT2D eigenvalue weighted by Gasteiger charge is -2.42. The second-order valence-corrected chi connectivity index (χ2v) is 23.9. The van der Waals surface area contributed by atoms with E-state index in [2.05, 4.69) is 58.5 Å². The third-order valence-electron chi connectivity index (χ3n) is 14.0. The van der Waals surface area contributed by atoms with E-state index >= 15 is 4.39 Å². The highest BCUT2D eigenvalue weighted by Crippen LogP contribution is 2.48. The number of carboxylic acid groups (broad SMARTS) is 1. The molecule has 2 radical (unpaired) electrons. The van der Waals surface area contributed by atoms with Crippen molar-refractivity contribution in [2.24, 2.45) is 16.6 Å². The van der Waals surface area contributed by atoms with Crippen LogP contribution in [-0.2, 0) is 60.9 Å². The molecule has 26 heteroatoms. The third kappa shape index (κ3) is 21.0. The Labute approximate surface area is 494 Å². The lowest BCUT2D eigenvalue weighted by molar-refractivity contribution is -0.141. The Morgan fingerprint density at radius 1 is 0.714 bits per heavy atom. The minimum Gasteiger partial charge on any atom is -0.481 e. The van der Waals surface area contributed by atoms with Crippen molar-refractivity contribution in [2.75, 3.05) is 32.8 Å². The Morgan fingerprint density at radius 2 is 1.33 bits per heavy atom. The van der Waals surface area contributed by atoms with E-state index < -0.39 is 142 Å². The SMILES string of the molecule is C[C@H](NC(=O)Cc1ccncc1)C(=O)N[C@H](C)C(=O)N[C@@H](CC(N)=O)C(=O)N[C@@H](CCN(C(=O)CO)[C@@H](c1cc(-c2cc(F)ccc2F)cn1Cc1ccccc1)C(C)(C)C)C(=O)NCCNC(=O)CNC(=O)CC(C)(CC(=O)O)[C](C)(C)[Al]. The van der Waals surface area contributed by atoms with Gasteiger partial charge in [0.05, 0.1) is 31.8 Å². The summed E-state index contributed by atoms with van der Waals surface area (Å²) in [7, 11) is 0. The van der Waals surface area contributed by atoms with Crippen LogP contribution in [0.15, 0.2) is 85.3 Å². The number of aliphatic hydroxyl groups is 1. The third-order valence-corrected chi connectivity index (χ3v) is 14.7. The van der Waals surface area contributed by atoms with Crippen LogP contribution < -0.4 is 43.0 Å². The maximum absolute atomic E-state index is 15.5. The van der Waals surface area contributed by atoms with Gasteiger partial charge in [-0.2, -0.15) is 0 Å². The number of carbonyl (C=O) groups is 10. The van der Waals surface area contributed by atoms with E-state index in [1.54, 1.807) is 70.5 Å². The monoisotopic (exact) mass is 1180 g/mol. The van der Waals surface area contributed by atoms with Gasteiger partial charge >= 0.3 is 5.97 Å². The number of carboxylic acids is 1. The Bertz CT molecular complexity index is 2990. The number of benzene rings is 2. The summed E-state index contributed by atoms with van der Waals surface area (Å²) < 4.78 is 31.2. The molecule has 23 nitrogen and oxygen atoms in total. The van der Waals surface area contributed by atoms with E-state index in [1.807, 2.05) is 30.3 Å². The first kappa shape index (κ1) is 68.4. The zero-order valence-corrected chi connectivity index (χ0v) is 49.6. The van der Waals surface area contributed by atoms with Gasteiger partial charge in [-0.3, -0.25) is 52.9 Å². The summed E-state index contributed by atoms with van der Waals surface area (Å²) in [5.41, 5.74) is 5.67. The molecule has 452 valence electrons. The molecule has 0 fully saturated rings. The summed E-state index contributed by atoms with van der Waals surface area (Å²) in [6.07, 6.45) is 2.79. The van der Waals surface area contributed by atoms with Gasteiger partial charge in [0.25, 0.3) is 0 Å². The van der Waals surface area contributed by atoms with Gasteiger partial charge in [-0.25, -0.2) is 8.78 Å². The van der Waals surface area contributed by atoms with Crippen LogP contribution in [0.1, 0.15) is 104 Å². The predicted octanol–water partition coefficient (Wildman–Crippen LogP) is 1.86. The molecule has 84 heavy (non-hydrogen) atoms. The van der Waals surface area contributed by atoms with Crippen molar-refractivity contribution in [1.29, 1.82) is 0 Å². The first-order valence-corrected chi connectivity index (χ1v) is 27.7. The lowest BCUT2D eigenvalue weighted by Crippen LogP contribution is -2.58. The average molecular weight is 1180 g/mol. The van der Waals surface area contributed by atoms with Crippen molar-refractivity contribution in [1.82, 2.24) is 51.7 Å². The van der Waals surface area contributed by atoms with Crippen LogP contribution >= 0.6 is 0 Å². The van der Waals surface area contributed by atoms with Gasteiger partial charge in [0, 0.05) is 68.0 Å². The van der Waals surface area contributed by atoms with Crippen molar-refractivity contribution in [2.45, 2.75) is 129 Å². The molecule has 0 saturated carbocycles. The topological polar surface area (TPSA) is 342 Å². The second kappa shape index (κ2) is 31.0. The van der Waals surface area contributed by atoms with Gasteiger partial charge < -0.3 is 62.6 Å². The summed E-state index contributed by atoms with van der Waals surface area (Å²) in [6.45, 7) is 11.0. The summed E-state index contributed by atoms with van der Waals surface area (Å²) in [4.78, 5) is 137. The minimum atomic E-state index is -1.76. The number of nitrogens with two attached hydrogens (primary N) is 1. The number of nitrogens with one attached hydrogen (secondary N) is 7. The summed E-state index contributed by atoms with van der Waals surface area (Å²) in [5, 5.41) is 37.5. The molecule has 2 heterocycles. The smallest absolute Gasteiger partial charge is 0.303 e. The number of aromatic nitrogens is 2. The predicted molar refractivity (Wildman–Crippen MR) is 306 cm³/mol. The molecular weight excluding hydrogens is 1110 g/mol. The van der Waals surface area contributed by atoms with Crippen LogP contribution in [-0.4, -0.2) is 157 Å². The van der Waals surface area contributed by atoms with Crippen molar-refractivity contribution in [3.05, 3.63) is 114 Å². The van der Waals surface area contributed by atoms with E-state index in [0.29, 0.717) is 11.3 Å². The van der Waals surface area contributed by atoms with Crippen molar-refractivity contribution >= 4 is 75.4 Å². The zero-order chi connectivity index (χ0) is 62.7. The summed E-state index contributed by atoms with van der Waals surface area (Å²) >= 11 is 2.54. The molecule has 0 spiro atoms. The Morgan fingerprint density at radius 3 is 1.94 bits per heavy atom. The first-order chi connectivity index (χ1) is 39.3. The molecule has 1 unspecified atom stereocenters. The molecule has 0 bridgehead atoms. The number of nitrogens with zero attached hydrogens (tertiary/aromatic N) is 3. The van der Waals surface area contributed by atoms with Crippen molar-refractivity contribution < 1.29 is 66.9 Å². The largest absolute Gasteiger partial charge is 0.481 e. The molecule has 2 aromatic heterocycles. The maximum Gasteiger partial charge on any atom is 0.303 e. The number of aliphatic hydroxyl groups excluding tert-OH is 1. The number of hydrogen-bond donors (Lipinski definition) is 10. The van der Waals surface area contributed by atoms with Crippen LogP contribution in [0, 0.1) is 22.5 Å². The molecule has 2 aromatic carbocycles. The molecule has 0 aliphatic carbocycles. The molecule has 4 aromatic rings. The summed E-state index contributed by atoms with van der Waals surface area (Å²) in [5.74, 6) is -9.93. The van der Waals surface area contributed by atoms with E-state index in [1.165, 1.54) is 31.1 Å². The second-order valence-electron chi connectivity index (χ2n) is 22.5. The van der Waals surface area contributed by atoms with Crippen LogP contribution in [0.4, 0.5) is 8.78 Å². The maximum atomic E-state index is 15.5. The van der Waals surface area contributed by atoms with Gasteiger partial charge in [0.2, 0.25) is 53.2 Å². The van der Waals surface area contributed by atoms with E-state index in [0.717, 1.165) is 23.8 Å². The molecule has 6 atom stereocenters. The number of pyridine rings is 1. The van der Waals surface area contributed by atoms with Crippen molar-refractivity contribution in [3.63, 3.8) is 0 Å². The van der Waals surface area contributed by atoms with Gasteiger partial charge in [-0.05, 0) is 78.6 Å². The molecular formula is C58H76AlF2N11O12. The molecule has 0 aliphatic rings. The van der Waals surface area contributed by atoms with Gasteiger partial charge in [-0.1, -0.05) is 76.2 Å². The Balaban J connectivity index is 1.63. The highest BCUT2D eigenvalue weighted by molar-refractivity contribution is 6.15. The number of primary amides is 1. The number of aliphatic carboxylic acids is 1. The van der Waals surface area contributed by atoms with Crippen molar-refractivity contribution in [3.8, 4) is 11.1 Å². The van der Waals surface area contributed by atoms with E-state index in [4.69, 9.17) is 5.73 Å². The molecule has 11 N–H and O–H groups in total. The summed E-state index contributed by atoms with van der Waals surface area (Å²) in [6, 6.07) is 10.1. The van der Waals surface area contributed by atoms with Crippen LogP contribution in [0.2, 0.25) is 4.28 Å².